The van der Waals surface area contributed by atoms with E-state index in [0.29, 0.717) is 10.6 Å². The minimum absolute atomic E-state index is 0.00767. The number of fused-ring (bicyclic) bond motifs is 1. The van der Waals surface area contributed by atoms with Gasteiger partial charge < -0.3 is 10.1 Å². The molecule has 0 saturated heterocycles. The normalized spacial score (nSPS) is 11.4. The molecule has 28 heavy (non-hydrogen) atoms. The van der Waals surface area contributed by atoms with Gasteiger partial charge in [0.1, 0.15) is 11.4 Å². The van der Waals surface area contributed by atoms with Crippen molar-refractivity contribution in [2.24, 2.45) is 7.05 Å². The van der Waals surface area contributed by atoms with Crippen molar-refractivity contribution in [1.29, 1.82) is 0 Å². The van der Waals surface area contributed by atoms with E-state index < -0.39 is 36.1 Å². The quantitative estimate of drug-likeness (QED) is 0.521. The summed E-state index contributed by atoms with van der Waals surface area (Å²) in [7, 11) is 2.63. The van der Waals surface area contributed by atoms with Gasteiger partial charge >= 0.3 is 5.97 Å². The summed E-state index contributed by atoms with van der Waals surface area (Å²) in [6, 6.07) is 1.49. The van der Waals surface area contributed by atoms with Gasteiger partial charge in [-0.05, 0) is 6.07 Å². The van der Waals surface area contributed by atoms with Crippen LogP contribution in [0.3, 0.4) is 0 Å². The van der Waals surface area contributed by atoms with E-state index in [1.54, 1.807) is 0 Å². The number of amides is 1. The van der Waals surface area contributed by atoms with E-state index in [4.69, 9.17) is 0 Å². The SMILES string of the molecule is COC(=O)c1nn(C)cc1NC(=O)c1cc2nc(C(F)F)cc(C(F)F)n2n1. The van der Waals surface area contributed by atoms with Crippen LogP contribution >= 0.6 is 0 Å². The predicted molar refractivity (Wildman–Crippen MR) is 85.4 cm³/mol. The van der Waals surface area contributed by atoms with Crippen molar-refractivity contribution in [3.8, 4) is 0 Å². The lowest BCUT2D eigenvalue weighted by Crippen LogP contribution is -2.15. The molecule has 3 heterocycles. The van der Waals surface area contributed by atoms with Gasteiger partial charge in [0.05, 0.1) is 12.8 Å². The Morgan fingerprint density at radius 1 is 1.14 bits per heavy atom. The molecular formula is C15H12F4N6O3. The Morgan fingerprint density at radius 2 is 1.86 bits per heavy atom. The number of hydrogen-bond donors (Lipinski definition) is 1. The van der Waals surface area contributed by atoms with Gasteiger partial charge in [-0.15, -0.1) is 0 Å². The molecule has 0 bridgehead atoms. The fourth-order valence-corrected chi connectivity index (χ4v) is 2.41. The largest absolute Gasteiger partial charge is 0.464 e. The molecule has 1 amide bonds. The summed E-state index contributed by atoms with van der Waals surface area (Å²) < 4.78 is 58.5. The van der Waals surface area contributed by atoms with Crippen molar-refractivity contribution in [2.45, 2.75) is 12.9 Å². The number of nitrogens with one attached hydrogen (secondary N) is 1. The van der Waals surface area contributed by atoms with Gasteiger partial charge in [0.25, 0.3) is 18.8 Å². The number of carbonyl (C=O) groups excluding carboxylic acids is 2. The van der Waals surface area contributed by atoms with Crippen molar-refractivity contribution < 1.29 is 31.9 Å². The molecular weight excluding hydrogens is 388 g/mol. The molecule has 0 radical (unpaired) electrons. The van der Waals surface area contributed by atoms with Crippen molar-refractivity contribution in [2.75, 3.05) is 12.4 Å². The maximum absolute atomic E-state index is 13.2. The van der Waals surface area contributed by atoms with Gasteiger partial charge in [-0.25, -0.2) is 31.9 Å². The van der Waals surface area contributed by atoms with E-state index in [2.05, 4.69) is 25.2 Å². The van der Waals surface area contributed by atoms with E-state index in [1.165, 1.54) is 17.9 Å². The van der Waals surface area contributed by atoms with Gasteiger partial charge in [0.2, 0.25) is 0 Å². The van der Waals surface area contributed by atoms with Crippen LogP contribution in [0, 0.1) is 0 Å². The summed E-state index contributed by atoms with van der Waals surface area (Å²) in [5, 5.41) is 9.90. The average molecular weight is 400 g/mol. The highest BCUT2D eigenvalue weighted by Crippen LogP contribution is 2.25. The van der Waals surface area contributed by atoms with Gasteiger partial charge in [0.15, 0.2) is 17.0 Å². The lowest BCUT2D eigenvalue weighted by molar-refractivity contribution is 0.0594. The van der Waals surface area contributed by atoms with Crippen LogP contribution in [-0.2, 0) is 11.8 Å². The summed E-state index contributed by atoms with van der Waals surface area (Å²) in [6.45, 7) is 0. The van der Waals surface area contributed by atoms with E-state index in [0.717, 1.165) is 13.2 Å². The first kappa shape index (κ1) is 19.3. The Morgan fingerprint density at radius 3 is 2.46 bits per heavy atom. The lowest BCUT2D eigenvalue weighted by Gasteiger charge is -2.06. The first-order chi connectivity index (χ1) is 13.2. The van der Waals surface area contributed by atoms with E-state index in [1.807, 2.05) is 0 Å². The summed E-state index contributed by atoms with van der Waals surface area (Å²) >= 11 is 0. The van der Waals surface area contributed by atoms with Crippen molar-refractivity contribution in [3.63, 3.8) is 0 Å². The number of aryl methyl sites for hydroxylation is 1. The molecule has 0 atom stereocenters. The van der Waals surface area contributed by atoms with Gasteiger partial charge in [-0.1, -0.05) is 0 Å². The third kappa shape index (κ3) is 3.50. The number of methoxy groups -OCH3 is 1. The first-order valence-electron chi connectivity index (χ1n) is 7.61. The van der Waals surface area contributed by atoms with Crippen LogP contribution in [0.15, 0.2) is 18.3 Å². The monoisotopic (exact) mass is 400 g/mol. The second-order valence-corrected chi connectivity index (χ2v) is 5.52. The minimum Gasteiger partial charge on any atom is -0.464 e. The molecule has 148 valence electrons. The second-order valence-electron chi connectivity index (χ2n) is 5.52. The number of carbonyl (C=O) groups is 2. The molecule has 3 aromatic rings. The number of hydrogen-bond acceptors (Lipinski definition) is 6. The maximum Gasteiger partial charge on any atom is 0.360 e. The van der Waals surface area contributed by atoms with Gasteiger partial charge in [-0.3, -0.25) is 9.48 Å². The zero-order valence-electron chi connectivity index (χ0n) is 14.4. The summed E-state index contributed by atoms with van der Waals surface area (Å²) in [5.74, 6) is -1.70. The fourth-order valence-electron chi connectivity index (χ4n) is 2.41. The number of alkyl halides is 4. The van der Waals surface area contributed by atoms with Crippen LogP contribution in [0.5, 0.6) is 0 Å². The Bertz CT molecular complexity index is 1060. The van der Waals surface area contributed by atoms with E-state index in [9.17, 15) is 27.2 Å². The summed E-state index contributed by atoms with van der Waals surface area (Å²) in [6.07, 6.45) is -4.88. The zero-order chi connectivity index (χ0) is 20.6. The molecule has 3 rings (SSSR count). The Labute approximate surface area is 153 Å². The summed E-state index contributed by atoms with van der Waals surface area (Å²) in [4.78, 5) is 27.6. The van der Waals surface area contributed by atoms with E-state index in [-0.39, 0.29) is 22.7 Å². The Balaban J connectivity index is 1.99. The summed E-state index contributed by atoms with van der Waals surface area (Å²) in [5.41, 5.74) is -2.62. The average Bonchev–Trinajstić information content (AvgIpc) is 3.23. The van der Waals surface area contributed by atoms with Crippen molar-refractivity contribution in [1.82, 2.24) is 24.4 Å². The Hall–Kier alpha value is -3.51. The molecule has 3 aromatic heterocycles. The number of aromatic nitrogens is 5. The number of esters is 1. The Kier molecular flexibility index (Phi) is 4.98. The topological polar surface area (TPSA) is 103 Å². The number of ether oxygens (including phenoxy) is 1. The maximum atomic E-state index is 13.2. The number of halogens is 4. The van der Waals surface area contributed by atoms with Crippen LogP contribution in [0.25, 0.3) is 5.65 Å². The first-order valence-corrected chi connectivity index (χ1v) is 7.61. The highest BCUT2D eigenvalue weighted by Gasteiger charge is 2.24. The molecule has 0 aliphatic heterocycles. The standard InChI is InChI=1S/C15H12F4N6O3/c1-24-5-8(11(23-24)15(27)28-2)21-14(26)7-4-10-20-6(12(16)17)3-9(13(18)19)25(10)22-7/h3-5,12-13H,1-2H3,(H,21,26). The number of nitrogens with zero attached hydrogens (tertiary/aromatic N) is 5. The van der Waals surface area contributed by atoms with Crippen molar-refractivity contribution >= 4 is 23.2 Å². The van der Waals surface area contributed by atoms with Crippen LogP contribution in [0.2, 0.25) is 0 Å². The molecule has 13 heteroatoms. The smallest absolute Gasteiger partial charge is 0.360 e. The predicted octanol–water partition coefficient (Wildman–Crippen LogP) is 2.38. The molecule has 0 aliphatic carbocycles. The molecule has 1 N–H and O–H groups in total. The minimum atomic E-state index is -3.12. The molecule has 0 fully saturated rings. The van der Waals surface area contributed by atoms with Crippen LogP contribution in [-0.4, -0.2) is 43.4 Å². The molecule has 9 nitrogen and oxygen atoms in total. The molecule has 0 unspecified atom stereocenters. The molecule has 0 spiro atoms. The highest BCUT2D eigenvalue weighted by molar-refractivity contribution is 6.06. The molecule has 0 aromatic carbocycles. The highest BCUT2D eigenvalue weighted by atomic mass is 19.3. The van der Waals surface area contributed by atoms with Crippen LogP contribution in [0.1, 0.15) is 45.2 Å². The third-order valence-electron chi connectivity index (χ3n) is 3.61. The fraction of sp³-hybridized carbons (Fsp3) is 0.267. The molecule has 0 saturated carbocycles. The van der Waals surface area contributed by atoms with Crippen LogP contribution in [0.4, 0.5) is 23.2 Å². The molecule has 0 aliphatic rings. The van der Waals surface area contributed by atoms with Crippen LogP contribution < -0.4 is 5.32 Å². The van der Waals surface area contributed by atoms with Gasteiger partial charge in [-0.2, -0.15) is 10.2 Å². The number of anilines is 1. The van der Waals surface area contributed by atoms with Crippen molar-refractivity contribution in [3.05, 3.63) is 41.1 Å². The lowest BCUT2D eigenvalue weighted by atomic mass is 10.3. The third-order valence-corrected chi connectivity index (χ3v) is 3.61. The van der Waals surface area contributed by atoms with E-state index >= 15 is 0 Å². The second kappa shape index (κ2) is 7.25. The van der Waals surface area contributed by atoms with Gasteiger partial charge in [0, 0.05) is 19.3 Å². The number of rotatable bonds is 5. The zero-order valence-corrected chi connectivity index (χ0v) is 14.4.